The van der Waals surface area contributed by atoms with Crippen LogP contribution in [0.25, 0.3) is 0 Å². The standard InChI is InChI=1S/C46H63NO15/c1-13-32-58-30-20-31-45(22-55-31,61-26(6)49)36-38(60-39(51)27-17-15-14-16-18-27)46(54)21-29(57-40(52)34(50)28(19-23(2)3)47-41(53)62-42(7,8)9)24(4)33(43(46,10)11)35(56-25(5)48)37(59-32)44(30,36)12/h13-18,23,28-32,34-38,50,54H,1,19-22H2,2-12H3,(H,47,53)/t28-,29-,30-,31?,32?,34+,35-,36?,37-,38-,44+,45-,46+/m0/s1. The second-order valence-corrected chi connectivity index (χ2v) is 19.5. The topological polar surface area (TPSA) is 212 Å². The molecule has 2 bridgehead atoms. The van der Waals surface area contributed by atoms with Gasteiger partial charge in [-0.25, -0.2) is 14.4 Å². The number of benzene rings is 1. The first-order chi connectivity index (χ1) is 28.8. The van der Waals surface area contributed by atoms with Crippen molar-refractivity contribution < 1.29 is 72.1 Å². The van der Waals surface area contributed by atoms with E-state index in [1.165, 1.54) is 19.9 Å². The third-order valence-electron chi connectivity index (χ3n) is 13.4. The maximum atomic E-state index is 14.4. The van der Waals surface area contributed by atoms with Crippen molar-refractivity contribution in [1.29, 1.82) is 0 Å². The first kappa shape index (κ1) is 47.1. The molecule has 16 heteroatoms. The fraction of sp³-hybridized carbons (Fsp3) is 0.674. The SMILES string of the molecule is C=CC1O[C@H]2CC3OC[C@@]3(OC(C)=O)C3[C@H](OC(=O)c4ccccc4)[C@]4(O)C[C@H](OC(=O)[C@H](O)[C@H](CC(C)C)NC(=O)OC(C)(C)C)C(C)=C([C@H](OC(C)=O)[C@H](O1)[C@@]32C)C4(C)C. The van der Waals surface area contributed by atoms with Crippen LogP contribution in [-0.4, -0.2) is 119 Å². The molecule has 16 nitrogen and oxygen atoms in total. The zero-order valence-corrected chi connectivity index (χ0v) is 37.6. The van der Waals surface area contributed by atoms with Crippen molar-refractivity contribution in [2.24, 2.45) is 22.7 Å². The zero-order chi connectivity index (χ0) is 45.9. The summed E-state index contributed by atoms with van der Waals surface area (Å²) in [7, 11) is 0. The molecule has 62 heavy (non-hydrogen) atoms. The van der Waals surface area contributed by atoms with Gasteiger partial charge in [-0.15, -0.1) is 0 Å². The highest BCUT2D eigenvalue weighted by molar-refractivity contribution is 5.89. The van der Waals surface area contributed by atoms with E-state index in [1.807, 2.05) is 20.8 Å². The summed E-state index contributed by atoms with van der Waals surface area (Å²) in [6, 6.07) is 7.04. The number of hydrogen-bond donors (Lipinski definition) is 3. The maximum Gasteiger partial charge on any atom is 0.407 e. The number of aliphatic hydroxyl groups is 2. The van der Waals surface area contributed by atoms with E-state index in [0.29, 0.717) is 11.1 Å². The molecule has 6 rings (SSSR count). The van der Waals surface area contributed by atoms with Crippen molar-refractivity contribution in [3.05, 3.63) is 59.7 Å². The third-order valence-corrected chi connectivity index (χ3v) is 13.4. The molecule has 3 aliphatic carbocycles. The predicted octanol–water partition coefficient (Wildman–Crippen LogP) is 4.87. The summed E-state index contributed by atoms with van der Waals surface area (Å²) in [6.07, 6.45) is -9.36. The van der Waals surface area contributed by atoms with Gasteiger partial charge in [-0.1, -0.05) is 59.4 Å². The largest absolute Gasteiger partial charge is 0.456 e. The molecule has 2 saturated heterocycles. The van der Waals surface area contributed by atoms with Crippen molar-refractivity contribution in [3.63, 3.8) is 0 Å². The van der Waals surface area contributed by atoms with Gasteiger partial charge in [0, 0.05) is 37.5 Å². The molecule has 2 saturated carbocycles. The molecular weight excluding hydrogens is 806 g/mol. The Hall–Kier alpha value is -4.35. The van der Waals surface area contributed by atoms with Crippen molar-refractivity contribution >= 4 is 30.0 Å². The van der Waals surface area contributed by atoms with E-state index in [1.54, 1.807) is 71.9 Å². The Morgan fingerprint density at radius 2 is 1.65 bits per heavy atom. The smallest absolute Gasteiger partial charge is 0.407 e. The Morgan fingerprint density at radius 1 is 0.984 bits per heavy atom. The maximum absolute atomic E-state index is 14.4. The van der Waals surface area contributed by atoms with Crippen LogP contribution in [0.2, 0.25) is 0 Å². The second-order valence-electron chi connectivity index (χ2n) is 19.5. The van der Waals surface area contributed by atoms with Crippen LogP contribution in [0.4, 0.5) is 4.79 Å². The van der Waals surface area contributed by atoms with Crippen LogP contribution in [0.1, 0.15) is 106 Å². The Labute approximate surface area is 362 Å². The first-order valence-corrected chi connectivity index (χ1v) is 21.3. The fourth-order valence-electron chi connectivity index (χ4n) is 10.7. The lowest BCUT2D eigenvalue weighted by Crippen LogP contribution is -2.83. The molecular formula is C46H63NO15. The molecule has 1 aromatic rings. The van der Waals surface area contributed by atoms with Crippen LogP contribution in [0.15, 0.2) is 54.1 Å². The highest BCUT2D eigenvalue weighted by Gasteiger charge is 2.79. The number of aliphatic hydroxyl groups excluding tert-OH is 1. The van der Waals surface area contributed by atoms with E-state index in [4.69, 9.17) is 37.9 Å². The number of alkyl carbamates (subject to hydrolysis) is 1. The molecule has 2 heterocycles. The lowest BCUT2D eigenvalue weighted by atomic mass is 9.44. The number of amides is 1. The Bertz CT molecular complexity index is 1960. The fourth-order valence-corrected chi connectivity index (χ4v) is 10.7. The van der Waals surface area contributed by atoms with Crippen LogP contribution in [0.5, 0.6) is 0 Å². The molecule has 3 N–H and O–H groups in total. The quantitative estimate of drug-likeness (QED) is 0.154. The van der Waals surface area contributed by atoms with Crippen LogP contribution in [-0.2, 0) is 52.3 Å². The minimum atomic E-state index is -2.23. The van der Waals surface area contributed by atoms with Gasteiger partial charge in [0.2, 0.25) is 0 Å². The van der Waals surface area contributed by atoms with E-state index in [0.717, 1.165) is 0 Å². The molecule has 0 spiro atoms. The van der Waals surface area contributed by atoms with E-state index in [2.05, 4.69) is 11.9 Å². The molecule has 13 atom stereocenters. The van der Waals surface area contributed by atoms with Crippen LogP contribution in [0, 0.1) is 22.7 Å². The Kier molecular flexibility index (Phi) is 12.9. The normalized spacial score (nSPS) is 35.5. The number of fused-ring (bicyclic) bond motifs is 4. The highest BCUT2D eigenvalue weighted by atomic mass is 16.7. The minimum Gasteiger partial charge on any atom is -0.456 e. The molecule has 1 aromatic carbocycles. The molecule has 1 amide bonds. The van der Waals surface area contributed by atoms with Crippen LogP contribution >= 0.6 is 0 Å². The third kappa shape index (κ3) is 8.28. The van der Waals surface area contributed by atoms with Gasteiger partial charge in [-0.3, -0.25) is 9.59 Å². The van der Waals surface area contributed by atoms with Gasteiger partial charge in [0.05, 0.1) is 30.2 Å². The van der Waals surface area contributed by atoms with Gasteiger partial charge in [-0.2, -0.15) is 0 Å². The molecule has 5 aliphatic rings. The summed E-state index contributed by atoms with van der Waals surface area (Å²) in [5.41, 5.74) is -6.65. The van der Waals surface area contributed by atoms with Crippen molar-refractivity contribution in [2.75, 3.05) is 6.61 Å². The molecule has 4 fully saturated rings. The number of esters is 4. The summed E-state index contributed by atoms with van der Waals surface area (Å²) < 4.78 is 50.2. The van der Waals surface area contributed by atoms with Crippen molar-refractivity contribution in [2.45, 2.75) is 167 Å². The summed E-state index contributed by atoms with van der Waals surface area (Å²) in [6.45, 7) is 21.9. The average Bonchev–Trinajstić information content (AvgIpc) is 3.15. The number of hydrogen-bond acceptors (Lipinski definition) is 15. The number of carbonyl (C=O) groups excluding carboxylic acids is 5. The van der Waals surface area contributed by atoms with Crippen LogP contribution < -0.4 is 5.32 Å². The summed E-state index contributed by atoms with van der Waals surface area (Å²) >= 11 is 0. The average molecular weight is 870 g/mol. The van der Waals surface area contributed by atoms with E-state index in [-0.39, 0.29) is 30.9 Å². The molecule has 2 aliphatic heterocycles. The van der Waals surface area contributed by atoms with Crippen molar-refractivity contribution in [3.8, 4) is 0 Å². The minimum absolute atomic E-state index is 0.0926. The summed E-state index contributed by atoms with van der Waals surface area (Å²) in [4.78, 5) is 68.1. The number of rotatable bonds is 11. The molecule has 3 unspecified atom stereocenters. The van der Waals surface area contributed by atoms with Gasteiger partial charge >= 0.3 is 30.0 Å². The Balaban J connectivity index is 1.57. The van der Waals surface area contributed by atoms with E-state index in [9.17, 15) is 34.2 Å². The van der Waals surface area contributed by atoms with Gasteiger partial charge in [0.25, 0.3) is 0 Å². The van der Waals surface area contributed by atoms with E-state index >= 15 is 0 Å². The lowest BCUT2D eigenvalue weighted by molar-refractivity contribution is -0.405. The molecule has 0 radical (unpaired) electrons. The lowest BCUT2D eigenvalue weighted by Gasteiger charge is -2.71. The predicted molar refractivity (Wildman–Crippen MR) is 220 cm³/mol. The molecule has 342 valence electrons. The Morgan fingerprint density at radius 3 is 2.19 bits per heavy atom. The monoisotopic (exact) mass is 869 g/mol. The van der Waals surface area contributed by atoms with Crippen molar-refractivity contribution in [1.82, 2.24) is 5.32 Å². The first-order valence-electron chi connectivity index (χ1n) is 21.3. The van der Waals surface area contributed by atoms with E-state index < -0.39 is 125 Å². The van der Waals surface area contributed by atoms with Gasteiger partial charge < -0.3 is 53.4 Å². The highest BCUT2D eigenvalue weighted by Crippen LogP contribution is 2.67. The van der Waals surface area contributed by atoms with Gasteiger partial charge in [0.15, 0.2) is 24.1 Å². The van der Waals surface area contributed by atoms with Gasteiger partial charge in [-0.05, 0) is 69.4 Å². The summed E-state index contributed by atoms with van der Waals surface area (Å²) in [5.74, 6) is -4.57. The zero-order valence-electron chi connectivity index (χ0n) is 37.6. The van der Waals surface area contributed by atoms with Gasteiger partial charge in [0.1, 0.15) is 35.6 Å². The number of nitrogens with one attached hydrogen (secondary N) is 1. The number of carbonyl (C=O) groups is 5. The summed E-state index contributed by atoms with van der Waals surface area (Å²) in [5, 5.41) is 28.1. The van der Waals surface area contributed by atoms with Crippen LogP contribution in [0.3, 0.4) is 0 Å². The second kappa shape index (κ2) is 17.0. The number of ether oxygens (including phenoxy) is 8. The molecule has 0 aromatic heterocycles.